The second-order valence-corrected chi connectivity index (χ2v) is 4.40. The van der Waals surface area contributed by atoms with E-state index in [0.717, 1.165) is 5.56 Å². The highest BCUT2D eigenvalue weighted by atomic mass is 16.1. The van der Waals surface area contributed by atoms with Gasteiger partial charge < -0.3 is 0 Å². The molecule has 20 heavy (non-hydrogen) atoms. The van der Waals surface area contributed by atoms with Gasteiger partial charge in [-0.3, -0.25) is 9.36 Å². The minimum absolute atomic E-state index is 0.180. The molecular weight excluding hydrogens is 254 g/mol. The Morgan fingerprint density at radius 2 is 2.05 bits per heavy atom. The Kier molecular flexibility index (Phi) is 3.12. The van der Waals surface area contributed by atoms with Crippen molar-refractivity contribution in [2.24, 2.45) is 7.05 Å². The number of rotatable bonds is 3. The molecule has 0 bridgehead atoms. The molecule has 0 saturated carbocycles. The van der Waals surface area contributed by atoms with E-state index >= 15 is 0 Å². The molecule has 0 fully saturated rings. The summed E-state index contributed by atoms with van der Waals surface area (Å²) in [5, 5.41) is 7.64. The van der Waals surface area contributed by atoms with Crippen LogP contribution in [0, 0.1) is 0 Å². The highest BCUT2D eigenvalue weighted by Crippen LogP contribution is 2.02. The molecule has 2 heterocycles. The number of hydrogen-bond donors (Lipinski definition) is 0. The number of hydrogen-bond acceptors (Lipinski definition) is 4. The van der Waals surface area contributed by atoms with E-state index in [9.17, 15) is 4.79 Å². The third-order valence-electron chi connectivity index (χ3n) is 2.99. The molecule has 0 radical (unpaired) electrons. The number of aromatic nitrogens is 5. The highest BCUT2D eigenvalue weighted by molar-refractivity contribution is 5.67. The van der Waals surface area contributed by atoms with Gasteiger partial charge >= 0.3 is 0 Å². The molecule has 0 N–H and O–H groups in total. The Morgan fingerprint density at radius 1 is 1.25 bits per heavy atom. The second-order valence-electron chi connectivity index (χ2n) is 4.40. The van der Waals surface area contributed by atoms with Crippen molar-refractivity contribution >= 4 is 17.2 Å². The molecule has 0 aliphatic rings. The standard InChI is InChI=1S/C14H13N5O/c1-18-13-12(16-17-18)14(20)19(10-15-13)9-5-8-11-6-3-2-4-7-11/h2-8,10H,9H2,1H3. The first-order valence-corrected chi connectivity index (χ1v) is 6.22. The lowest BCUT2D eigenvalue weighted by Gasteiger charge is -2.00. The van der Waals surface area contributed by atoms with Crippen LogP contribution in [0.2, 0.25) is 0 Å². The minimum atomic E-state index is -0.180. The molecule has 0 amide bonds. The largest absolute Gasteiger partial charge is 0.293 e. The summed E-state index contributed by atoms with van der Waals surface area (Å²) in [6, 6.07) is 9.92. The number of nitrogens with zero attached hydrogens (tertiary/aromatic N) is 5. The Bertz CT molecular complexity index is 816. The zero-order valence-corrected chi connectivity index (χ0v) is 11.0. The van der Waals surface area contributed by atoms with Crippen LogP contribution in [0.5, 0.6) is 0 Å². The molecule has 0 aliphatic carbocycles. The van der Waals surface area contributed by atoms with Crippen LogP contribution in [0.3, 0.4) is 0 Å². The molecular formula is C14H13N5O. The van der Waals surface area contributed by atoms with Gasteiger partial charge in [-0.25, -0.2) is 9.67 Å². The van der Waals surface area contributed by atoms with E-state index in [-0.39, 0.29) is 5.56 Å². The summed E-state index contributed by atoms with van der Waals surface area (Å²) in [5.41, 5.74) is 1.70. The Morgan fingerprint density at radius 3 is 2.85 bits per heavy atom. The molecule has 100 valence electrons. The summed E-state index contributed by atoms with van der Waals surface area (Å²) in [6.45, 7) is 0.452. The van der Waals surface area contributed by atoms with Crippen LogP contribution >= 0.6 is 0 Å². The summed E-state index contributed by atoms with van der Waals surface area (Å²) < 4.78 is 3.00. The summed E-state index contributed by atoms with van der Waals surface area (Å²) in [6.07, 6.45) is 5.40. The predicted octanol–water partition coefficient (Wildman–Crippen LogP) is 1.24. The predicted molar refractivity (Wildman–Crippen MR) is 76.0 cm³/mol. The van der Waals surface area contributed by atoms with Gasteiger partial charge in [0, 0.05) is 13.6 Å². The smallest absolute Gasteiger partial charge is 0.283 e. The third-order valence-corrected chi connectivity index (χ3v) is 2.99. The first kappa shape index (κ1) is 12.3. The Labute approximate surface area is 115 Å². The van der Waals surface area contributed by atoms with Crippen molar-refractivity contribution in [2.45, 2.75) is 6.54 Å². The number of allylic oxidation sites excluding steroid dienone is 1. The lowest BCUT2D eigenvalue weighted by Crippen LogP contribution is -2.20. The van der Waals surface area contributed by atoms with Crippen molar-refractivity contribution < 1.29 is 0 Å². The fourth-order valence-electron chi connectivity index (χ4n) is 1.94. The van der Waals surface area contributed by atoms with Gasteiger partial charge in [0.15, 0.2) is 11.2 Å². The monoisotopic (exact) mass is 267 g/mol. The average molecular weight is 267 g/mol. The topological polar surface area (TPSA) is 65.6 Å². The van der Waals surface area contributed by atoms with Gasteiger partial charge in [-0.05, 0) is 5.56 Å². The molecule has 1 aromatic carbocycles. The minimum Gasteiger partial charge on any atom is -0.293 e. The molecule has 0 atom stereocenters. The Hall–Kier alpha value is -2.76. The van der Waals surface area contributed by atoms with Crippen molar-refractivity contribution in [3.05, 3.63) is 58.7 Å². The highest BCUT2D eigenvalue weighted by Gasteiger charge is 2.08. The number of fused-ring (bicyclic) bond motifs is 1. The molecule has 0 unspecified atom stereocenters. The molecule has 0 saturated heterocycles. The van der Waals surface area contributed by atoms with Crippen LogP contribution in [0.15, 0.2) is 47.5 Å². The normalized spacial score (nSPS) is 11.4. The maximum Gasteiger partial charge on any atom is 0.283 e. The van der Waals surface area contributed by atoms with Gasteiger partial charge in [0.25, 0.3) is 5.56 Å². The van der Waals surface area contributed by atoms with Crippen molar-refractivity contribution in [3.63, 3.8) is 0 Å². The zero-order valence-electron chi connectivity index (χ0n) is 11.0. The van der Waals surface area contributed by atoms with E-state index in [4.69, 9.17) is 0 Å². The summed E-state index contributed by atoms with van der Waals surface area (Å²) in [5.74, 6) is 0. The number of benzene rings is 1. The van der Waals surface area contributed by atoms with E-state index in [1.807, 2.05) is 42.5 Å². The van der Waals surface area contributed by atoms with Crippen molar-refractivity contribution in [2.75, 3.05) is 0 Å². The van der Waals surface area contributed by atoms with Gasteiger partial charge in [0.2, 0.25) is 0 Å². The van der Waals surface area contributed by atoms with Gasteiger partial charge in [0.05, 0.1) is 0 Å². The lowest BCUT2D eigenvalue weighted by atomic mass is 10.2. The zero-order chi connectivity index (χ0) is 13.9. The summed E-state index contributed by atoms with van der Waals surface area (Å²) >= 11 is 0. The quantitative estimate of drug-likeness (QED) is 0.716. The van der Waals surface area contributed by atoms with Crippen LogP contribution < -0.4 is 5.56 Å². The van der Waals surface area contributed by atoms with Crippen molar-refractivity contribution in [1.82, 2.24) is 24.5 Å². The molecule has 0 spiro atoms. The first-order valence-electron chi connectivity index (χ1n) is 6.22. The molecule has 2 aromatic heterocycles. The molecule has 6 heteroatoms. The molecule has 6 nitrogen and oxygen atoms in total. The number of aryl methyl sites for hydroxylation is 1. The van der Waals surface area contributed by atoms with E-state index in [0.29, 0.717) is 17.7 Å². The van der Waals surface area contributed by atoms with E-state index in [2.05, 4.69) is 15.3 Å². The third kappa shape index (κ3) is 2.23. The fraction of sp³-hybridized carbons (Fsp3) is 0.143. The molecule has 3 rings (SSSR count). The maximum atomic E-state index is 12.2. The maximum absolute atomic E-state index is 12.2. The van der Waals surface area contributed by atoms with Crippen LogP contribution in [-0.2, 0) is 13.6 Å². The van der Waals surface area contributed by atoms with Crippen molar-refractivity contribution in [1.29, 1.82) is 0 Å². The van der Waals surface area contributed by atoms with Crippen LogP contribution in [0.4, 0.5) is 0 Å². The van der Waals surface area contributed by atoms with Gasteiger partial charge in [-0.15, -0.1) is 5.10 Å². The van der Waals surface area contributed by atoms with E-state index in [1.54, 1.807) is 7.05 Å². The van der Waals surface area contributed by atoms with Crippen LogP contribution in [0.1, 0.15) is 5.56 Å². The Balaban J connectivity index is 1.87. The molecule has 3 aromatic rings. The van der Waals surface area contributed by atoms with Crippen molar-refractivity contribution in [3.8, 4) is 0 Å². The van der Waals surface area contributed by atoms with Gasteiger partial charge in [-0.1, -0.05) is 47.7 Å². The van der Waals surface area contributed by atoms with E-state index in [1.165, 1.54) is 15.6 Å². The van der Waals surface area contributed by atoms with E-state index < -0.39 is 0 Å². The van der Waals surface area contributed by atoms with Crippen LogP contribution in [-0.4, -0.2) is 24.5 Å². The lowest BCUT2D eigenvalue weighted by molar-refractivity contribution is 0.727. The second kappa shape index (κ2) is 5.08. The average Bonchev–Trinajstić information content (AvgIpc) is 2.85. The molecule has 0 aliphatic heterocycles. The van der Waals surface area contributed by atoms with Gasteiger partial charge in [-0.2, -0.15) is 0 Å². The van der Waals surface area contributed by atoms with Gasteiger partial charge in [0.1, 0.15) is 6.33 Å². The summed E-state index contributed by atoms with van der Waals surface area (Å²) in [7, 11) is 1.71. The summed E-state index contributed by atoms with van der Waals surface area (Å²) in [4.78, 5) is 16.4. The fourth-order valence-corrected chi connectivity index (χ4v) is 1.94. The first-order chi connectivity index (χ1) is 9.75. The SMILES string of the molecule is Cn1nnc2c(=O)n(CC=Cc3ccccc3)cnc21. The van der Waals surface area contributed by atoms with Crippen LogP contribution in [0.25, 0.3) is 17.2 Å².